The van der Waals surface area contributed by atoms with Crippen LogP contribution in [0.15, 0.2) is 29.4 Å². The molecular formula is C15H17N3O4S. The Bertz CT molecular complexity index is 704. The highest BCUT2D eigenvalue weighted by Gasteiger charge is 2.44. The number of esters is 1. The summed E-state index contributed by atoms with van der Waals surface area (Å²) in [5, 5.41) is 8.41. The summed E-state index contributed by atoms with van der Waals surface area (Å²) in [5.74, 6) is -0.575. The van der Waals surface area contributed by atoms with E-state index in [1.807, 2.05) is 13.0 Å². The Balaban J connectivity index is 2.38. The van der Waals surface area contributed by atoms with Crippen molar-refractivity contribution in [2.24, 2.45) is 5.10 Å². The van der Waals surface area contributed by atoms with Crippen molar-refractivity contribution in [2.75, 3.05) is 0 Å². The van der Waals surface area contributed by atoms with Crippen LogP contribution in [0.1, 0.15) is 33.3 Å². The second-order valence-corrected chi connectivity index (χ2v) is 6.51. The van der Waals surface area contributed by atoms with Crippen molar-refractivity contribution in [3.8, 4) is 5.75 Å². The third-order valence-corrected chi connectivity index (χ3v) is 4.29. The van der Waals surface area contributed by atoms with Gasteiger partial charge in [0.15, 0.2) is 5.17 Å². The average molecular weight is 335 g/mol. The van der Waals surface area contributed by atoms with Crippen LogP contribution in [0.25, 0.3) is 0 Å². The molecule has 2 rings (SSSR count). The molecule has 0 saturated carbocycles. The zero-order valence-corrected chi connectivity index (χ0v) is 14.1. The van der Waals surface area contributed by atoms with E-state index >= 15 is 0 Å². The first-order chi connectivity index (χ1) is 10.7. The van der Waals surface area contributed by atoms with Crippen LogP contribution in [0, 0.1) is 0 Å². The molecule has 0 aromatic heterocycles. The normalized spacial score (nSPS) is 20.0. The predicted octanol–water partition coefficient (Wildman–Crippen LogP) is 1.79. The number of nitrogens with one attached hydrogen (secondary N) is 1. The number of hydrazone groups is 1. The first-order valence-electron chi connectivity index (χ1n) is 6.87. The smallest absolute Gasteiger partial charge is 0.308 e. The number of carbonyl (C=O) groups is 3. The van der Waals surface area contributed by atoms with Gasteiger partial charge >= 0.3 is 5.97 Å². The summed E-state index contributed by atoms with van der Waals surface area (Å²) in [4.78, 5) is 33.4. The lowest BCUT2D eigenvalue weighted by Gasteiger charge is -2.31. The zero-order chi connectivity index (χ0) is 17.2. The molecule has 7 nitrogen and oxygen atoms in total. The SMILES string of the molecule is CC(=O)NC1=NN(C(C)=O)C(C)(c2cccc(OC(C)=O)c2)S1. The van der Waals surface area contributed by atoms with Gasteiger partial charge in [-0.05, 0) is 24.6 Å². The van der Waals surface area contributed by atoms with Crippen LogP contribution in [0.2, 0.25) is 0 Å². The van der Waals surface area contributed by atoms with Gasteiger partial charge in [0.05, 0.1) is 0 Å². The highest BCUT2D eigenvalue weighted by atomic mass is 32.2. The largest absolute Gasteiger partial charge is 0.427 e. The maximum atomic E-state index is 11.9. The van der Waals surface area contributed by atoms with Crippen molar-refractivity contribution in [1.82, 2.24) is 10.3 Å². The minimum Gasteiger partial charge on any atom is -0.427 e. The lowest BCUT2D eigenvalue weighted by Crippen LogP contribution is -2.37. The van der Waals surface area contributed by atoms with E-state index in [4.69, 9.17) is 4.74 Å². The molecule has 2 amide bonds. The highest BCUT2D eigenvalue weighted by Crippen LogP contribution is 2.45. The number of carbonyl (C=O) groups excluding carboxylic acids is 3. The van der Waals surface area contributed by atoms with Crippen molar-refractivity contribution in [1.29, 1.82) is 0 Å². The Labute approximate surface area is 138 Å². The molecule has 1 N–H and O–H groups in total. The molecule has 1 aromatic rings. The molecule has 0 spiro atoms. The number of hydrogen-bond acceptors (Lipinski definition) is 6. The minimum atomic E-state index is -0.847. The predicted molar refractivity (Wildman–Crippen MR) is 86.5 cm³/mol. The van der Waals surface area contributed by atoms with Crippen molar-refractivity contribution in [2.45, 2.75) is 32.6 Å². The van der Waals surface area contributed by atoms with Gasteiger partial charge < -0.3 is 10.1 Å². The summed E-state index contributed by atoms with van der Waals surface area (Å²) >= 11 is 1.24. The van der Waals surface area contributed by atoms with Crippen molar-refractivity contribution in [3.05, 3.63) is 29.8 Å². The van der Waals surface area contributed by atoms with E-state index in [2.05, 4.69) is 10.4 Å². The highest BCUT2D eigenvalue weighted by molar-refractivity contribution is 8.14. The number of benzene rings is 1. The first kappa shape index (κ1) is 17.0. The van der Waals surface area contributed by atoms with E-state index in [1.54, 1.807) is 18.2 Å². The summed E-state index contributed by atoms with van der Waals surface area (Å²) in [6, 6.07) is 6.87. The molecule has 0 aliphatic carbocycles. The Morgan fingerprint density at radius 1 is 1.26 bits per heavy atom. The Morgan fingerprint density at radius 2 is 1.96 bits per heavy atom. The van der Waals surface area contributed by atoms with E-state index in [0.717, 1.165) is 5.56 Å². The van der Waals surface area contributed by atoms with Crippen LogP contribution in [0.3, 0.4) is 0 Å². The second kappa shape index (κ2) is 6.41. The molecule has 0 fully saturated rings. The van der Waals surface area contributed by atoms with Crippen molar-refractivity contribution < 1.29 is 19.1 Å². The zero-order valence-electron chi connectivity index (χ0n) is 13.2. The molecule has 0 bridgehead atoms. The fraction of sp³-hybridized carbons (Fsp3) is 0.333. The fourth-order valence-corrected chi connectivity index (χ4v) is 3.40. The van der Waals surface area contributed by atoms with Gasteiger partial charge in [0.25, 0.3) is 0 Å². The Hall–Kier alpha value is -2.35. The van der Waals surface area contributed by atoms with Gasteiger partial charge in [-0.15, -0.1) is 5.10 Å². The average Bonchev–Trinajstić information content (AvgIpc) is 2.76. The van der Waals surface area contributed by atoms with Crippen LogP contribution in [-0.2, 0) is 19.3 Å². The third kappa shape index (κ3) is 3.70. The topological polar surface area (TPSA) is 88.1 Å². The second-order valence-electron chi connectivity index (χ2n) is 5.12. The quantitative estimate of drug-likeness (QED) is 0.657. The van der Waals surface area contributed by atoms with Gasteiger partial charge in [-0.3, -0.25) is 14.4 Å². The van der Waals surface area contributed by atoms with E-state index in [9.17, 15) is 14.4 Å². The molecule has 0 radical (unpaired) electrons. The number of amides is 2. The van der Waals surface area contributed by atoms with Gasteiger partial charge in [0.2, 0.25) is 11.8 Å². The Morgan fingerprint density at radius 3 is 2.52 bits per heavy atom. The number of amidine groups is 1. The Kier molecular flexibility index (Phi) is 4.74. The summed E-state index contributed by atoms with van der Waals surface area (Å²) in [6.45, 7) is 5.90. The molecule has 1 aliphatic heterocycles. The number of rotatable bonds is 2. The summed E-state index contributed by atoms with van der Waals surface area (Å²) in [6.07, 6.45) is 0. The lowest BCUT2D eigenvalue weighted by molar-refractivity contribution is -0.133. The van der Waals surface area contributed by atoms with E-state index in [0.29, 0.717) is 10.9 Å². The third-order valence-electron chi connectivity index (χ3n) is 3.10. The van der Waals surface area contributed by atoms with Gasteiger partial charge in [-0.2, -0.15) is 0 Å². The maximum absolute atomic E-state index is 11.9. The summed E-state index contributed by atoms with van der Waals surface area (Å²) < 4.78 is 5.09. The lowest BCUT2D eigenvalue weighted by atomic mass is 10.1. The van der Waals surface area contributed by atoms with Crippen LogP contribution in [0.5, 0.6) is 5.75 Å². The molecular weight excluding hydrogens is 318 g/mol. The van der Waals surface area contributed by atoms with Gasteiger partial charge in [-0.25, -0.2) is 5.01 Å². The summed E-state index contributed by atoms with van der Waals surface area (Å²) in [5.41, 5.74) is 0.723. The standard InChI is InChI=1S/C15H17N3O4S/c1-9(19)16-14-17-18(10(2)20)15(4,23-14)12-6-5-7-13(8-12)22-11(3)21/h5-8H,1-4H3,(H,16,17,19). The molecule has 1 atom stereocenters. The maximum Gasteiger partial charge on any atom is 0.308 e. The van der Waals surface area contributed by atoms with Crippen molar-refractivity contribution in [3.63, 3.8) is 0 Å². The first-order valence-corrected chi connectivity index (χ1v) is 7.69. The van der Waals surface area contributed by atoms with Gasteiger partial charge in [-0.1, -0.05) is 23.9 Å². The summed E-state index contributed by atoms with van der Waals surface area (Å²) in [7, 11) is 0. The van der Waals surface area contributed by atoms with Crippen LogP contribution in [-0.4, -0.2) is 28.0 Å². The molecule has 1 aromatic carbocycles. The number of nitrogens with zero attached hydrogens (tertiary/aromatic N) is 2. The van der Waals surface area contributed by atoms with Crippen LogP contribution in [0.4, 0.5) is 0 Å². The number of hydrogen-bond donors (Lipinski definition) is 1. The van der Waals surface area contributed by atoms with E-state index < -0.39 is 10.8 Å². The number of ether oxygens (including phenoxy) is 1. The van der Waals surface area contributed by atoms with Crippen molar-refractivity contribution >= 4 is 34.7 Å². The van der Waals surface area contributed by atoms with E-state index in [-0.39, 0.29) is 11.8 Å². The molecule has 0 saturated heterocycles. The molecule has 122 valence electrons. The monoisotopic (exact) mass is 335 g/mol. The minimum absolute atomic E-state index is 0.266. The molecule has 1 heterocycles. The van der Waals surface area contributed by atoms with Gasteiger partial charge in [0, 0.05) is 20.8 Å². The van der Waals surface area contributed by atoms with Crippen LogP contribution >= 0.6 is 11.8 Å². The van der Waals surface area contributed by atoms with Crippen LogP contribution < -0.4 is 10.1 Å². The fourth-order valence-electron chi connectivity index (χ4n) is 2.21. The van der Waals surface area contributed by atoms with Gasteiger partial charge in [0.1, 0.15) is 10.6 Å². The molecule has 1 aliphatic rings. The molecule has 23 heavy (non-hydrogen) atoms. The molecule has 8 heteroatoms. The molecule has 1 unspecified atom stereocenters. The number of thioether (sulfide) groups is 1. The van der Waals surface area contributed by atoms with E-state index in [1.165, 1.54) is 37.5 Å².